The Labute approximate surface area is 155 Å². The number of carbonyl (C=O) groups is 2. The molecular formula is C19H20N4O2S. The SMILES string of the molecule is CC(=O)N1CCN(C(=O)c2cn3cc(-c4ccc(C)cc4)sc3n2)CC1. The number of rotatable bonds is 2. The maximum Gasteiger partial charge on any atom is 0.274 e. The average molecular weight is 368 g/mol. The van der Waals surface area contributed by atoms with Crippen LogP contribution in [0, 0.1) is 6.92 Å². The van der Waals surface area contributed by atoms with Crippen molar-refractivity contribution < 1.29 is 9.59 Å². The van der Waals surface area contributed by atoms with Crippen LogP contribution in [-0.2, 0) is 4.79 Å². The number of carbonyl (C=O) groups excluding carboxylic acids is 2. The summed E-state index contributed by atoms with van der Waals surface area (Å²) >= 11 is 1.57. The highest BCUT2D eigenvalue weighted by atomic mass is 32.1. The summed E-state index contributed by atoms with van der Waals surface area (Å²) in [5.41, 5.74) is 2.84. The van der Waals surface area contributed by atoms with Crippen LogP contribution in [0.25, 0.3) is 15.4 Å². The number of hydrogen-bond donors (Lipinski definition) is 0. The molecule has 0 aliphatic carbocycles. The lowest BCUT2D eigenvalue weighted by atomic mass is 10.1. The first-order chi connectivity index (χ1) is 12.5. The van der Waals surface area contributed by atoms with E-state index in [0.29, 0.717) is 31.9 Å². The summed E-state index contributed by atoms with van der Waals surface area (Å²) in [5.74, 6) is -0.00997. The molecule has 3 heterocycles. The third-order valence-corrected chi connectivity index (χ3v) is 5.77. The molecule has 7 heteroatoms. The molecule has 6 nitrogen and oxygen atoms in total. The maximum atomic E-state index is 12.7. The number of hydrogen-bond acceptors (Lipinski definition) is 4. The molecule has 3 aromatic rings. The van der Waals surface area contributed by atoms with Crippen LogP contribution in [0.15, 0.2) is 36.7 Å². The molecule has 0 saturated carbocycles. The van der Waals surface area contributed by atoms with E-state index >= 15 is 0 Å². The number of imidazole rings is 1. The molecule has 0 bridgehead atoms. The van der Waals surface area contributed by atoms with Crippen LogP contribution in [0.2, 0.25) is 0 Å². The van der Waals surface area contributed by atoms with Gasteiger partial charge in [0.15, 0.2) is 4.96 Å². The lowest BCUT2D eigenvalue weighted by Crippen LogP contribution is -2.50. The summed E-state index contributed by atoms with van der Waals surface area (Å²) in [7, 11) is 0. The van der Waals surface area contributed by atoms with Crippen molar-refractivity contribution in [2.24, 2.45) is 0 Å². The topological polar surface area (TPSA) is 57.9 Å². The van der Waals surface area contributed by atoms with Gasteiger partial charge in [0.1, 0.15) is 5.69 Å². The monoisotopic (exact) mass is 368 g/mol. The molecule has 2 aromatic heterocycles. The van der Waals surface area contributed by atoms with Crippen LogP contribution >= 0.6 is 11.3 Å². The van der Waals surface area contributed by atoms with E-state index in [0.717, 1.165) is 15.4 Å². The molecule has 0 atom stereocenters. The molecule has 1 fully saturated rings. The molecule has 0 N–H and O–H groups in total. The third-order valence-electron chi connectivity index (χ3n) is 4.72. The van der Waals surface area contributed by atoms with Crippen LogP contribution in [0.1, 0.15) is 23.0 Å². The highest BCUT2D eigenvalue weighted by molar-refractivity contribution is 7.20. The minimum atomic E-state index is -0.0685. The van der Waals surface area contributed by atoms with Gasteiger partial charge in [0.05, 0.1) is 4.88 Å². The fourth-order valence-electron chi connectivity index (χ4n) is 3.14. The number of piperazine rings is 1. The van der Waals surface area contributed by atoms with Crippen molar-refractivity contribution in [2.75, 3.05) is 26.2 Å². The zero-order valence-corrected chi connectivity index (χ0v) is 15.6. The summed E-state index contributed by atoms with van der Waals surface area (Å²) in [5, 5.41) is 0. The van der Waals surface area contributed by atoms with Gasteiger partial charge in [-0.1, -0.05) is 41.2 Å². The van der Waals surface area contributed by atoms with E-state index in [1.54, 1.807) is 34.3 Å². The Morgan fingerprint density at radius 3 is 2.27 bits per heavy atom. The highest BCUT2D eigenvalue weighted by Crippen LogP contribution is 2.29. The second-order valence-corrected chi connectivity index (χ2v) is 7.58. The van der Waals surface area contributed by atoms with Crippen molar-refractivity contribution in [2.45, 2.75) is 13.8 Å². The van der Waals surface area contributed by atoms with Gasteiger partial charge in [0.25, 0.3) is 5.91 Å². The molecule has 0 radical (unpaired) electrons. The van der Waals surface area contributed by atoms with Crippen molar-refractivity contribution in [1.29, 1.82) is 0 Å². The van der Waals surface area contributed by atoms with Gasteiger partial charge < -0.3 is 9.80 Å². The van der Waals surface area contributed by atoms with Gasteiger partial charge in [-0.25, -0.2) is 4.98 Å². The van der Waals surface area contributed by atoms with E-state index in [2.05, 4.69) is 36.2 Å². The zero-order chi connectivity index (χ0) is 18.3. The highest BCUT2D eigenvalue weighted by Gasteiger charge is 2.25. The van der Waals surface area contributed by atoms with E-state index in [9.17, 15) is 9.59 Å². The fourth-order valence-corrected chi connectivity index (χ4v) is 4.11. The molecule has 0 spiro atoms. The Kier molecular flexibility index (Phi) is 4.24. The predicted octanol–water partition coefficient (Wildman–Crippen LogP) is 2.68. The number of aryl methyl sites for hydroxylation is 1. The van der Waals surface area contributed by atoms with E-state index in [4.69, 9.17) is 0 Å². The fraction of sp³-hybridized carbons (Fsp3) is 0.316. The molecule has 1 aromatic carbocycles. The predicted molar refractivity (Wildman–Crippen MR) is 101 cm³/mol. The Morgan fingerprint density at radius 2 is 1.65 bits per heavy atom. The molecule has 2 amide bonds. The van der Waals surface area contributed by atoms with E-state index in [1.165, 1.54) is 5.56 Å². The van der Waals surface area contributed by atoms with Crippen LogP contribution in [0.4, 0.5) is 0 Å². The van der Waals surface area contributed by atoms with Gasteiger partial charge in [-0.2, -0.15) is 0 Å². The maximum absolute atomic E-state index is 12.7. The second-order valence-electron chi connectivity index (χ2n) is 6.58. The molecule has 4 rings (SSSR count). The lowest BCUT2D eigenvalue weighted by Gasteiger charge is -2.33. The smallest absolute Gasteiger partial charge is 0.274 e. The van der Waals surface area contributed by atoms with Gasteiger partial charge in [0.2, 0.25) is 5.91 Å². The first-order valence-electron chi connectivity index (χ1n) is 8.61. The summed E-state index contributed by atoms with van der Waals surface area (Å²) in [6, 6.07) is 8.38. The molecule has 1 saturated heterocycles. The molecule has 26 heavy (non-hydrogen) atoms. The van der Waals surface area contributed by atoms with Crippen molar-refractivity contribution in [3.8, 4) is 10.4 Å². The van der Waals surface area contributed by atoms with E-state index in [1.807, 2.05) is 10.6 Å². The first kappa shape index (κ1) is 16.8. The Morgan fingerprint density at radius 1 is 1.00 bits per heavy atom. The van der Waals surface area contributed by atoms with Gasteiger partial charge in [-0.15, -0.1) is 0 Å². The van der Waals surface area contributed by atoms with Gasteiger partial charge in [0, 0.05) is 45.5 Å². The number of fused-ring (bicyclic) bond motifs is 1. The van der Waals surface area contributed by atoms with E-state index < -0.39 is 0 Å². The average Bonchev–Trinajstić information content (AvgIpc) is 3.21. The number of amides is 2. The van der Waals surface area contributed by atoms with Crippen LogP contribution < -0.4 is 0 Å². The molecule has 134 valence electrons. The normalized spacial score (nSPS) is 14.8. The van der Waals surface area contributed by atoms with Crippen LogP contribution in [0.5, 0.6) is 0 Å². The van der Waals surface area contributed by atoms with Crippen molar-refractivity contribution in [3.05, 3.63) is 47.9 Å². The number of benzene rings is 1. The van der Waals surface area contributed by atoms with Crippen molar-refractivity contribution in [3.63, 3.8) is 0 Å². The molecule has 1 aliphatic heterocycles. The summed E-state index contributed by atoms with van der Waals surface area (Å²) < 4.78 is 1.92. The number of aromatic nitrogens is 2. The molecular weight excluding hydrogens is 348 g/mol. The number of nitrogens with zero attached hydrogens (tertiary/aromatic N) is 4. The van der Waals surface area contributed by atoms with Crippen LogP contribution in [-0.4, -0.2) is 57.2 Å². The van der Waals surface area contributed by atoms with E-state index in [-0.39, 0.29) is 11.8 Å². The second kappa shape index (κ2) is 6.57. The quantitative estimate of drug-likeness (QED) is 0.699. The molecule has 0 unspecified atom stereocenters. The number of thiazole rings is 1. The lowest BCUT2D eigenvalue weighted by molar-refractivity contribution is -0.130. The van der Waals surface area contributed by atoms with Gasteiger partial charge >= 0.3 is 0 Å². The summed E-state index contributed by atoms with van der Waals surface area (Å²) in [6.07, 6.45) is 3.81. The van der Waals surface area contributed by atoms with Gasteiger partial charge in [-0.05, 0) is 12.5 Å². The largest absolute Gasteiger partial charge is 0.339 e. The summed E-state index contributed by atoms with van der Waals surface area (Å²) in [6.45, 7) is 5.91. The first-order valence-corrected chi connectivity index (χ1v) is 9.43. The van der Waals surface area contributed by atoms with Gasteiger partial charge in [-0.3, -0.25) is 14.0 Å². The molecule has 1 aliphatic rings. The minimum absolute atomic E-state index is 0.0586. The zero-order valence-electron chi connectivity index (χ0n) is 14.8. The Balaban J connectivity index is 1.51. The Hall–Kier alpha value is -2.67. The Bertz CT molecular complexity index is 934. The third kappa shape index (κ3) is 3.10. The minimum Gasteiger partial charge on any atom is -0.339 e. The van der Waals surface area contributed by atoms with Crippen molar-refractivity contribution in [1.82, 2.24) is 19.2 Å². The van der Waals surface area contributed by atoms with Crippen LogP contribution in [0.3, 0.4) is 0 Å². The summed E-state index contributed by atoms with van der Waals surface area (Å²) in [4.78, 5) is 34.1. The van der Waals surface area contributed by atoms with Crippen molar-refractivity contribution >= 4 is 28.1 Å². The standard InChI is InChI=1S/C19H20N4O2S/c1-13-3-5-15(6-4-13)17-12-23-11-16(20-19(23)26-17)18(25)22-9-7-21(8-10-22)14(2)24/h3-6,11-12H,7-10H2,1-2H3.